The Labute approximate surface area is 497 Å². The molecule has 0 saturated carbocycles. The number of amides is 6. The number of fused-ring (bicyclic) bond motifs is 1. The minimum absolute atomic E-state index is 0.00427. The molecule has 10 unspecified atom stereocenters. The first-order chi connectivity index (χ1) is 40.3. The number of hydrogen-bond donors (Lipinski definition) is 12. The van der Waals surface area contributed by atoms with Crippen molar-refractivity contribution in [1.82, 2.24) is 51.0 Å². The Kier molecular flexibility index (Phi) is 24.9. The highest BCUT2D eigenvalue weighted by Crippen LogP contribution is 2.61. The summed E-state index contributed by atoms with van der Waals surface area (Å²) in [4.78, 5) is 155. The van der Waals surface area contributed by atoms with Gasteiger partial charge in [0, 0.05) is 48.3 Å². The van der Waals surface area contributed by atoms with Crippen molar-refractivity contribution in [2.45, 2.75) is 116 Å². The quantitative estimate of drug-likeness (QED) is 0.0311. The number of aliphatic hydroxyl groups is 2. The van der Waals surface area contributed by atoms with Gasteiger partial charge in [-0.05, 0) is 48.9 Å². The highest BCUT2D eigenvalue weighted by atomic mass is 32.2. The van der Waals surface area contributed by atoms with Gasteiger partial charge in [0.2, 0.25) is 28.7 Å². The summed E-state index contributed by atoms with van der Waals surface area (Å²) in [5.74, 6) is -8.27. The molecule has 0 aliphatic carbocycles. The Hall–Kier alpha value is -5.88. The minimum Gasteiger partial charge on any atom is -0.386 e. The van der Waals surface area contributed by atoms with Crippen LogP contribution in [0, 0.1) is 17.3 Å². The van der Waals surface area contributed by atoms with Gasteiger partial charge >= 0.3 is 29.6 Å². The van der Waals surface area contributed by atoms with Gasteiger partial charge in [-0.25, -0.2) is 28.6 Å². The Bertz CT molecular complexity index is 3160. The number of thioether (sulfide) groups is 1. The predicted octanol–water partition coefficient (Wildman–Crippen LogP) is 0.112. The number of aliphatic hydroxyl groups excluding tert-OH is 2. The highest BCUT2D eigenvalue weighted by molar-refractivity contribution is 8.13. The lowest BCUT2D eigenvalue weighted by Gasteiger charge is -2.32. The lowest BCUT2D eigenvalue weighted by atomic mass is 9.87. The second-order valence-corrected chi connectivity index (χ2v) is 26.4. The molecule has 2 fully saturated rings. The van der Waals surface area contributed by atoms with Gasteiger partial charge in [-0.1, -0.05) is 53.3 Å². The monoisotopic (exact) mass is 1320 g/mol. The van der Waals surface area contributed by atoms with Gasteiger partial charge in [-0.15, -0.1) is 0 Å². The van der Waals surface area contributed by atoms with Crippen molar-refractivity contribution >= 4 is 98.6 Å². The number of hydrogen-bond acceptors (Lipinski definition) is 23. The lowest BCUT2D eigenvalue weighted by molar-refractivity contribution is -0.175. The molecule has 5 rings (SSSR count). The van der Waals surface area contributed by atoms with E-state index in [2.05, 4.69) is 50.4 Å². The molecule has 40 heteroatoms. The molecule has 2 saturated heterocycles. The average molecular weight is 1320 g/mol. The van der Waals surface area contributed by atoms with Crippen molar-refractivity contribution in [3.8, 4) is 0 Å². The van der Waals surface area contributed by atoms with E-state index in [1.165, 1.54) is 52.0 Å². The number of likely N-dealkylation sites (tertiary alicyclic amines) is 1. The maximum atomic E-state index is 13.7. The van der Waals surface area contributed by atoms with Crippen LogP contribution >= 0.6 is 35.2 Å². The number of phosphoric acid groups is 3. The molecule has 13 N–H and O–H groups in total. The molecular formula is C47H67F3N11O22P3S. The fourth-order valence-electron chi connectivity index (χ4n) is 8.55. The largest absolute Gasteiger partial charge is 0.481 e. The maximum absolute atomic E-state index is 13.7. The normalized spacial score (nSPS) is 20.7. The molecule has 87 heavy (non-hydrogen) atoms. The summed E-state index contributed by atoms with van der Waals surface area (Å²) in [5, 5.41) is 33.1. The number of ether oxygens (including phenoxy) is 1. The molecule has 0 radical (unpaired) electrons. The fourth-order valence-corrected chi connectivity index (χ4v) is 12.0. The molecule has 484 valence electrons. The lowest BCUT2D eigenvalue weighted by Crippen LogP contribution is -2.58. The number of aromatic nitrogens is 4. The molecule has 33 nitrogen and oxygen atoms in total. The van der Waals surface area contributed by atoms with Crippen LogP contribution in [0.25, 0.3) is 11.2 Å². The van der Waals surface area contributed by atoms with Crippen molar-refractivity contribution < 1.29 is 118 Å². The van der Waals surface area contributed by atoms with E-state index in [4.69, 9.17) is 19.5 Å². The van der Waals surface area contributed by atoms with Gasteiger partial charge in [0.25, 0.3) is 17.6 Å². The molecule has 0 spiro atoms. The third-order valence-electron chi connectivity index (χ3n) is 13.2. The molecular weight excluding hydrogens is 1250 g/mol. The molecule has 2 aliphatic rings. The smallest absolute Gasteiger partial charge is 0.386 e. The van der Waals surface area contributed by atoms with Crippen LogP contribution in [0.5, 0.6) is 0 Å². The Morgan fingerprint density at radius 3 is 2.08 bits per heavy atom. The van der Waals surface area contributed by atoms with Crippen LogP contribution in [0.1, 0.15) is 87.7 Å². The standard InChI is InChI=1S/C47H67F3N11O22P3S/c1-23(2)31(36(65)47(48,49)50)58-42(69)27-8-7-16-60(27)44(71)32(24(3)4)59-41(68)26-11-9-25(10-12-26)40(67)54-18-30(63)87-17-15-52-29(62)13-14-53-43(70)37(66)46(5,6)20-80-86(77,78)83-85(75,76)79-19-28-35(82-84(72,73)74)34(64)45(81-28)61-22-57-33-38(51)55-21-56-39(33)61/h9-12,21-24,27-28,31-32,34-35,37,45,64,66H,7-8,13-20H2,1-6H3,(H,52,62)(H,53,70)(H,54,67)(H,58,69)(H,59,68)(H,75,76)(H,77,78)(H2,51,55,56)(H2,72,73,74). The van der Waals surface area contributed by atoms with Crippen molar-refractivity contribution in [2.75, 3.05) is 50.9 Å². The Morgan fingerprint density at radius 1 is 0.851 bits per heavy atom. The van der Waals surface area contributed by atoms with E-state index >= 15 is 0 Å². The number of nitrogen functional groups attached to an aromatic ring is 1. The van der Waals surface area contributed by atoms with Crippen LogP contribution in [-0.2, 0) is 65.1 Å². The van der Waals surface area contributed by atoms with Crippen LogP contribution in [0.2, 0.25) is 0 Å². The van der Waals surface area contributed by atoms with Crippen LogP contribution in [0.4, 0.5) is 19.0 Å². The number of carbonyl (C=O) groups is 8. The Balaban J connectivity index is 0.981. The van der Waals surface area contributed by atoms with Crippen molar-refractivity contribution in [1.29, 1.82) is 0 Å². The summed E-state index contributed by atoms with van der Waals surface area (Å²) in [6.45, 7) is 5.43. The highest BCUT2D eigenvalue weighted by Gasteiger charge is 2.51. The van der Waals surface area contributed by atoms with Crippen LogP contribution in [-0.4, -0.2) is 194 Å². The summed E-state index contributed by atoms with van der Waals surface area (Å²) in [7, 11) is -16.6. The topological polar surface area (TPSA) is 488 Å². The summed E-state index contributed by atoms with van der Waals surface area (Å²) in [5.41, 5.74) is 4.19. The number of nitrogens with zero attached hydrogens (tertiary/aromatic N) is 5. The first-order valence-corrected chi connectivity index (χ1v) is 31.8. The van der Waals surface area contributed by atoms with Gasteiger partial charge < -0.3 is 71.7 Å². The van der Waals surface area contributed by atoms with E-state index in [9.17, 15) is 95.0 Å². The maximum Gasteiger partial charge on any atom is 0.481 e. The molecule has 6 amide bonds. The van der Waals surface area contributed by atoms with E-state index in [1.54, 1.807) is 13.8 Å². The molecule has 4 heterocycles. The molecule has 10 atom stereocenters. The number of nitrogens with two attached hydrogens (primary N) is 1. The van der Waals surface area contributed by atoms with Crippen LogP contribution in [0.3, 0.4) is 0 Å². The zero-order chi connectivity index (χ0) is 65.1. The zero-order valence-corrected chi connectivity index (χ0v) is 50.7. The van der Waals surface area contributed by atoms with Gasteiger partial charge in [0.1, 0.15) is 48.3 Å². The molecule has 2 aromatic heterocycles. The first kappa shape index (κ1) is 71.9. The second-order valence-electron chi connectivity index (χ2n) is 21.0. The van der Waals surface area contributed by atoms with E-state index in [-0.39, 0.29) is 66.3 Å². The van der Waals surface area contributed by atoms with Crippen molar-refractivity contribution in [2.24, 2.45) is 17.3 Å². The number of ketones is 1. The van der Waals surface area contributed by atoms with Crippen LogP contribution in [0.15, 0.2) is 36.9 Å². The number of nitrogens with one attached hydrogen (secondary N) is 5. The fraction of sp³-hybridized carbons (Fsp3) is 0.596. The average Bonchev–Trinajstić information content (AvgIpc) is 1.74. The number of phosphoric ester groups is 3. The molecule has 3 aromatic rings. The van der Waals surface area contributed by atoms with Gasteiger partial charge in [-0.3, -0.25) is 56.5 Å². The van der Waals surface area contributed by atoms with Gasteiger partial charge in [0.15, 0.2) is 17.7 Å². The van der Waals surface area contributed by atoms with Crippen molar-refractivity contribution in [3.05, 3.63) is 48.0 Å². The van der Waals surface area contributed by atoms with E-state index in [0.717, 1.165) is 33.9 Å². The number of Topliss-reactive ketones (excluding diaryl/α,β-unsaturated/α-hetero) is 1. The van der Waals surface area contributed by atoms with E-state index in [0.29, 0.717) is 6.42 Å². The molecule has 1 aromatic carbocycles. The summed E-state index contributed by atoms with van der Waals surface area (Å²) < 4.78 is 102. The number of alkyl halides is 3. The Morgan fingerprint density at radius 2 is 1.47 bits per heavy atom. The number of imidazole rings is 1. The number of halogens is 3. The third-order valence-corrected chi connectivity index (χ3v) is 17.1. The predicted molar refractivity (Wildman–Crippen MR) is 295 cm³/mol. The molecule has 0 bridgehead atoms. The summed E-state index contributed by atoms with van der Waals surface area (Å²) >= 11 is 0.765. The summed E-state index contributed by atoms with van der Waals surface area (Å²) in [6, 6.07) is 0.905. The number of rotatable bonds is 30. The SMILES string of the molecule is CC(C)C(NC(=O)c1ccc(C(=O)NCC(=O)SCCNC(=O)CCNC(=O)C(O)C(C)(C)COP(=O)(O)OP(=O)(O)OCC2OC(n3cnc4c(N)ncnc43)C(O)C2OP(=O)(O)O)cc1)C(=O)N1CCCC1C(=O)NC(C(=O)C(F)(F)F)C(C)C. The van der Waals surface area contributed by atoms with E-state index < -0.39 is 162 Å². The minimum atomic E-state index is -5.65. The van der Waals surface area contributed by atoms with Gasteiger partial charge in [-0.2, -0.15) is 17.5 Å². The number of carbonyl (C=O) groups excluding carboxylic acids is 8. The second kappa shape index (κ2) is 30.1. The zero-order valence-electron chi connectivity index (χ0n) is 47.2. The van der Waals surface area contributed by atoms with Crippen molar-refractivity contribution in [3.63, 3.8) is 0 Å². The number of anilines is 1. The number of benzene rings is 1. The van der Waals surface area contributed by atoms with Gasteiger partial charge in [0.05, 0.1) is 32.1 Å². The third kappa shape index (κ3) is 20.3. The first-order valence-electron chi connectivity index (χ1n) is 26.3. The molecule has 2 aliphatic heterocycles. The van der Waals surface area contributed by atoms with E-state index in [1.807, 2.05) is 0 Å². The van der Waals surface area contributed by atoms with Crippen LogP contribution < -0.4 is 32.3 Å². The summed E-state index contributed by atoms with van der Waals surface area (Å²) in [6.07, 6.45) is -12.2.